The SMILES string of the molecule is CCC(=O)N1CC(c2cc(CC)c(N(C)c3cc4c(cn3)ncn4C)cn2)C1. The van der Waals surface area contributed by atoms with Crippen molar-refractivity contribution in [2.45, 2.75) is 32.6 Å². The zero-order valence-corrected chi connectivity index (χ0v) is 16.9. The number of imidazole rings is 1. The van der Waals surface area contributed by atoms with Crippen LogP contribution in [0.4, 0.5) is 11.5 Å². The molecule has 4 rings (SSSR count). The highest BCUT2D eigenvalue weighted by atomic mass is 16.2. The number of aromatic nitrogens is 4. The number of aryl methyl sites for hydroxylation is 2. The summed E-state index contributed by atoms with van der Waals surface area (Å²) in [5.41, 5.74) is 5.31. The van der Waals surface area contributed by atoms with Crippen LogP contribution in [0.5, 0.6) is 0 Å². The number of fused-ring (bicyclic) bond motifs is 1. The summed E-state index contributed by atoms with van der Waals surface area (Å²) in [6.07, 6.45) is 7.02. The van der Waals surface area contributed by atoms with E-state index in [1.807, 2.05) is 42.9 Å². The minimum Gasteiger partial charge on any atom is -0.341 e. The van der Waals surface area contributed by atoms with Crippen LogP contribution in [0.15, 0.2) is 30.9 Å². The number of amides is 1. The second kappa shape index (κ2) is 7.22. The Morgan fingerprint density at radius 2 is 1.96 bits per heavy atom. The number of nitrogens with zero attached hydrogens (tertiary/aromatic N) is 6. The van der Waals surface area contributed by atoms with Crippen molar-refractivity contribution in [1.82, 2.24) is 24.4 Å². The van der Waals surface area contributed by atoms with Crippen LogP contribution in [0.1, 0.15) is 37.4 Å². The third-order valence-corrected chi connectivity index (χ3v) is 5.63. The molecular formula is C21H26N6O. The maximum atomic E-state index is 11.8. The van der Waals surface area contributed by atoms with Gasteiger partial charge in [-0.1, -0.05) is 13.8 Å². The van der Waals surface area contributed by atoms with Gasteiger partial charge in [0.1, 0.15) is 11.3 Å². The van der Waals surface area contributed by atoms with Crippen LogP contribution in [-0.2, 0) is 18.3 Å². The van der Waals surface area contributed by atoms with Crippen LogP contribution in [0.25, 0.3) is 11.0 Å². The number of carbonyl (C=O) groups excluding carboxylic acids is 1. The predicted octanol–water partition coefficient (Wildman–Crippen LogP) is 3.03. The van der Waals surface area contributed by atoms with Gasteiger partial charge in [-0.05, 0) is 18.1 Å². The van der Waals surface area contributed by atoms with Gasteiger partial charge in [-0.3, -0.25) is 9.78 Å². The molecule has 1 aliphatic heterocycles. The van der Waals surface area contributed by atoms with E-state index in [2.05, 4.69) is 33.9 Å². The Labute approximate surface area is 165 Å². The summed E-state index contributed by atoms with van der Waals surface area (Å²) in [6.45, 7) is 5.61. The standard InChI is InChI=1S/C21H26N6O/c1-5-14-7-16(15-11-27(12-15)21(28)6-2)22-10-19(14)26(4)20-8-18-17(9-23-20)24-13-25(18)3/h7-10,13,15H,5-6,11-12H2,1-4H3. The first-order valence-electron chi connectivity index (χ1n) is 9.79. The highest BCUT2D eigenvalue weighted by Gasteiger charge is 2.32. The minimum atomic E-state index is 0.222. The topological polar surface area (TPSA) is 67.2 Å². The van der Waals surface area contributed by atoms with E-state index in [0.717, 1.165) is 47.7 Å². The van der Waals surface area contributed by atoms with Crippen molar-refractivity contribution in [2.24, 2.45) is 7.05 Å². The molecule has 28 heavy (non-hydrogen) atoms. The van der Waals surface area contributed by atoms with Crippen molar-refractivity contribution in [2.75, 3.05) is 25.0 Å². The van der Waals surface area contributed by atoms with Gasteiger partial charge in [0.15, 0.2) is 0 Å². The molecule has 1 saturated heterocycles. The summed E-state index contributed by atoms with van der Waals surface area (Å²) in [4.78, 5) is 29.4. The summed E-state index contributed by atoms with van der Waals surface area (Å²) in [5, 5.41) is 0. The summed E-state index contributed by atoms with van der Waals surface area (Å²) < 4.78 is 2.00. The number of likely N-dealkylation sites (tertiary alicyclic amines) is 1. The second-order valence-corrected chi connectivity index (χ2v) is 7.39. The van der Waals surface area contributed by atoms with Gasteiger partial charge in [-0.25, -0.2) is 9.97 Å². The second-order valence-electron chi connectivity index (χ2n) is 7.39. The molecule has 0 aromatic carbocycles. The average Bonchev–Trinajstić information content (AvgIpc) is 3.06. The zero-order valence-electron chi connectivity index (χ0n) is 16.9. The molecule has 0 saturated carbocycles. The lowest BCUT2D eigenvalue weighted by molar-refractivity contribution is -0.135. The fraction of sp³-hybridized carbons (Fsp3) is 0.429. The Balaban J connectivity index is 1.58. The van der Waals surface area contributed by atoms with E-state index in [4.69, 9.17) is 4.98 Å². The Morgan fingerprint density at radius 1 is 1.18 bits per heavy atom. The Morgan fingerprint density at radius 3 is 2.68 bits per heavy atom. The normalized spacial score (nSPS) is 14.4. The van der Waals surface area contributed by atoms with Crippen LogP contribution in [0.3, 0.4) is 0 Å². The maximum Gasteiger partial charge on any atom is 0.222 e. The highest BCUT2D eigenvalue weighted by Crippen LogP contribution is 2.32. The fourth-order valence-electron chi connectivity index (χ4n) is 3.74. The zero-order chi connectivity index (χ0) is 19.8. The molecule has 0 bridgehead atoms. The van der Waals surface area contributed by atoms with Gasteiger partial charge >= 0.3 is 0 Å². The molecule has 1 amide bonds. The number of anilines is 2. The van der Waals surface area contributed by atoms with E-state index in [9.17, 15) is 4.79 Å². The van der Waals surface area contributed by atoms with Crippen molar-refractivity contribution >= 4 is 28.4 Å². The molecule has 7 nitrogen and oxygen atoms in total. The molecule has 0 unspecified atom stereocenters. The molecule has 1 fully saturated rings. The maximum absolute atomic E-state index is 11.8. The van der Waals surface area contributed by atoms with Crippen LogP contribution in [0, 0.1) is 0 Å². The Bertz CT molecular complexity index is 1020. The van der Waals surface area contributed by atoms with Crippen molar-refractivity contribution in [1.29, 1.82) is 0 Å². The van der Waals surface area contributed by atoms with Crippen LogP contribution in [-0.4, -0.2) is 50.5 Å². The van der Waals surface area contributed by atoms with E-state index in [1.165, 1.54) is 5.56 Å². The molecule has 0 aliphatic carbocycles. The monoisotopic (exact) mass is 378 g/mol. The number of carbonyl (C=O) groups is 1. The lowest BCUT2D eigenvalue weighted by Crippen LogP contribution is -2.48. The van der Waals surface area contributed by atoms with Gasteiger partial charge in [0.05, 0.1) is 29.9 Å². The summed E-state index contributed by atoms with van der Waals surface area (Å²) in [5.74, 6) is 1.42. The molecule has 0 N–H and O–H groups in total. The van der Waals surface area contributed by atoms with E-state index < -0.39 is 0 Å². The highest BCUT2D eigenvalue weighted by molar-refractivity contribution is 5.79. The van der Waals surface area contributed by atoms with E-state index in [-0.39, 0.29) is 5.91 Å². The number of pyridine rings is 2. The first-order valence-corrected chi connectivity index (χ1v) is 9.79. The summed E-state index contributed by atoms with van der Waals surface area (Å²) in [6, 6.07) is 4.24. The predicted molar refractivity (Wildman–Crippen MR) is 110 cm³/mol. The number of hydrogen-bond donors (Lipinski definition) is 0. The third-order valence-electron chi connectivity index (χ3n) is 5.63. The van der Waals surface area contributed by atoms with Gasteiger partial charge < -0.3 is 14.4 Å². The smallest absolute Gasteiger partial charge is 0.222 e. The van der Waals surface area contributed by atoms with E-state index >= 15 is 0 Å². The summed E-state index contributed by atoms with van der Waals surface area (Å²) in [7, 11) is 4.00. The molecule has 0 atom stereocenters. The van der Waals surface area contributed by atoms with Crippen LogP contribution >= 0.6 is 0 Å². The average molecular weight is 378 g/mol. The lowest BCUT2D eigenvalue weighted by atomic mass is 9.93. The molecule has 4 heterocycles. The van der Waals surface area contributed by atoms with E-state index in [0.29, 0.717) is 12.3 Å². The van der Waals surface area contributed by atoms with Gasteiger partial charge in [0.25, 0.3) is 0 Å². The van der Waals surface area contributed by atoms with Crippen molar-refractivity contribution in [3.8, 4) is 0 Å². The Kier molecular flexibility index (Phi) is 4.75. The van der Waals surface area contributed by atoms with Crippen molar-refractivity contribution in [3.63, 3.8) is 0 Å². The molecule has 3 aromatic rings. The van der Waals surface area contributed by atoms with Crippen LogP contribution in [0.2, 0.25) is 0 Å². The van der Waals surface area contributed by atoms with E-state index in [1.54, 1.807) is 6.33 Å². The first-order chi connectivity index (χ1) is 13.5. The lowest BCUT2D eigenvalue weighted by Gasteiger charge is -2.39. The van der Waals surface area contributed by atoms with Gasteiger partial charge in [0.2, 0.25) is 5.91 Å². The third kappa shape index (κ3) is 3.10. The quantitative estimate of drug-likeness (QED) is 0.683. The molecule has 3 aromatic heterocycles. The van der Waals surface area contributed by atoms with Crippen molar-refractivity contribution in [3.05, 3.63) is 42.1 Å². The first kappa shape index (κ1) is 18.4. The van der Waals surface area contributed by atoms with Crippen LogP contribution < -0.4 is 4.90 Å². The molecule has 0 radical (unpaired) electrons. The largest absolute Gasteiger partial charge is 0.341 e. The Hall–Kier alpha value is -2.96. The molecule has 1 aliphatic rings. The minimum absolute atomic E-state index is 0.222. The van der Waals surface area contributed by atoms with Crippen molar-refractivity contribution < 1.29 is 4.79 Å². The van der Waals surface area contributed by atoms with Gasteiger partial charge in [0, 0.05) is 51.3 Å². The fourth-order valence-corrected chi connectivity index (χ4v) is 3.74. The van der Waals surface area contributed by atoms with Gasteiger partial charge in [-0.15, -0.1) is 0 Å². The molecule has 146 valence electrons. The molecular weight excluding hydrogens is 352 g/mol. The molecule has 0 spiro atoms. The number of hydrogen-bond acceptors (Lipinski definition) is 5. The van der Waals surface area contributed by atoms with Gasteiger partial charge in [-0.2, -0.15) is 0 Å². The summed E-state index contributed by atoms with van der Waals surface area (Å²) >= 11 is 0. The molecule has 7 heteroatoms. The number of rotatable bonds is 5.